The van der Waals surface area contributed by atoms with Crippen LogP contribution in [0.1, 0.15) is 45.9 Å². The minimum Gasteiger partial charge on any atom is -0.359 e. The summed E-state index contributed by atoms with van der Waals surface area (Å²) in [5, 5.41) is 4.02. The molecule has 3 aromatic rings. The van der Waals surface area contributed by atoms with Crippen LogP contribution in [0.3, 0.4) is 0 Å². The number of likely N-dealkylation sites (tertiary alicyclic amines) is 1. The molecule has 1 saturated heterocycles. The van der Waals surface area contributed by atoms with Gasteiger partial charge in [0.1, 0.15) is 0 Å². The quantitative estimate of drug-likeness (QED) is 0.578. The van der Waals surface area contributed by atoms with Gasteiger partial charge in [-0.25, -0.2) is 0 Å². The van der Waals surface area contributed by atoms with Crippen molar-refractivity contribution in [2.75, 3.05) is 20.1 Å². The highest BCUT2D eigenvalue weighted by Crippen LogP contribution is 2.23. The first kappa shape index (κ1) is 21.2. The third-order valence-electron chi connectivity index (χ3n) is 6.08. The van der Waals surface area contributed by atoms with Crippen molar-refractivity contribution in [3.8, 4) is 0 Å². The van der Waals surface area contributed by atoms with E-state index >= 15 is 0 Å². The Hall–Kier alpha value is -2.99. The normalized spacial score (nSPS) is 15.2. The van der Waals surface area contributed by atoms with Crippen molar-refractivity contribution in [2.45, 2.75) is 39.3 Å². The zero-order valence-corrected chi connectivity index (χ0v) is 18.3. The van der Waals surface area contributed by atoms with Crippen molar-refractivity contribution in [1.29, 1.82) is 0 Å². The number of hydrogen-bond acceptors (Lipinski definition) is 5. The van der Waals surface area contributed by atoms with Crippen LogP contribution >= 0.6 is 0 Å². The fraction of sp³-hybridized carbons (Fsp3) is 0.400. The molecule has 2 aromatic heterocycles. The zero-order valence-electron chi connectivity index (χ0n) is 18.3. The largest absolute Gasteiger partial charge is 0.359 e. The Kier molecular flexibility index (Phi) is 6.77. The highest BCUT2D eigenvalue weighted by Gasteiger charge is 2.22. The molecule has 4 rings (SSSR count). The van der Waals surface area contributed by atoms with E-state index in [1.165, 1.54) is 18.4 Å². The molecular weight excluding hydrogens is 388 g/mol. The minimum absolute atomic E-state index is 0.151. The molecular formula is C25H30N4O2. The summed E-state index contributed by atoms with van der Waals surface area (Å²) in [5.41, 5.74) is 3.73. The summed E-state index contributed by atoms with van der Waals surface area (Å²) >= 11 is 0. The van der Waals surface area contributed by atoms with Gasteiger partial charge in [-0.3, -0.25) is 14.7 Å². The first-order valence-corrected chi connectivity index (χ1v) is 11.0. The third-order valence-corrected chi connectivity index (χ3v) is 6.08. The van der Waals surface area contributed by atoms with Gasteiger partial charge in [-0.15, -0.1) is 0 Å². The molecule has 31 heavy (non-hydrogen) atoms. The van der Waals surface area contributed by atoms with Crippen molar-refractivity contribution < 1.29 is 9.32 Å². The van der Waals surface area contributed by atoms with Crippen LogP contribution in [-0.4, -0.2) is 46.0 Å². The molecule has 0 aliphatic carbocycles. The third kappa shape index (κ3) is 5.58. The number of hydrogen-bond donors (Lipinski definition) is 0. The second kappa shape index (κ2) is 9.88. The van der Waals surface area contributed by atoms with Gasteiger partial charge in [0.05, 0.1) is 18.8 Å². The Morgan fingerprint density at radius 2 is 1.94 bits per heavy atom. The molecule has 0 saturated carbocycles. The Morgan fingerprint density at radius 3 is 2.68 bits per heavy atom. The van der Waals surface area contributed by atoms with Crippen LogP contribution in [0.15, 0.2) is 59.3 Å². The first-order chi connectivity index (χ1) is 15.1. The summed E-state index contributed by atoms with van der Waals surface area (Å²) in [6, 6.07) is 16.4. The lowest BCUT2D eigenvalue weighted by Gasteiger charge is -2.31. The number of carbonyl (C=O) groups is 1. The second-order valence-corrected chi connectivity index (χ2v) is 8.52. The van der Waals surface area contributed by atoms with Crippen molar-refractivity contribution >= 4 is 5.91 Å². The molecule has 0 N–H and O–H groups in total. The van der Waals surface area contributed by atoms with Crippen molar-refractivity contribution in [3.63, 3.8) is 0 Å². The second-order valence-electron chi connectivity index (χ2n) is 8.52. The summed E-state index contributed by atoms with van der Waals surface area (Å²) < 4.78 is 5.48. The number of pyridine rings is 1. The van der Waals surface area contributed by atoms with Gasteiger partial charge in [0.25, 0.3) is 5.91 Å². The molecule has 1 aliphatic rings. The SMILES string of the molecule is Cc1cccnc1CN(C)C(=O)c1cc(CN2CCC(Cc3ccccc3)CC2)on1. The molecule has 1 amide bonds. The maximum absolute atomic E-state index is 12.7. The van der Waals surface area contributed by atoms with Crippen LogP contribution in [0.2, 0.25) is 0 Å². The Bertz CT molecular complexity index is 994. The summed E-state index contributed by atoms with van der Waals surface area (Å²) in [7, 11) is 1.77. The summed E-state index contributed by atoms with van der Waals surface area (Å²) in [6.45, 7) is 5.22. The average molecular weight is 419 g/mol. The van der Waals surface area contributed by atoms with E-state index in [-0.39, 0.29) is 5.91 Å². The number of benzene rings is 1. The molecule has 162 valence electrons. The standard InChI is InChI=1S/C25H30N4O2/c1-19-7-6-12-26-24(19)18-28(2)25(30)23-16-22(31-27-23)17-29-13-10-21(11-14-29)15-20-8-4-3-5-9-20/h3-9,12,16,21H,10-11,13-15,17-18H2,1-2H3. The van der Waals surface area contributed by atoms with Gasteiger partial charge >= 0.3 is 0 Å². The average Bonchev–Trinajstić information content (AvgIpc) is 3.25. The van der Waals surface area contributed by atoms with E-state index in [1.807, 2.05) is 19.1 Å². The number of aromatic nitrogens is 2. The number of aryl methyl sites for hydroxylation is 1. The molecule has 6 heteroatoms. The fourth-order valence-corrected chi connectivity index (χ4v) is 4.18. The van der Waals surface area contributed by atoms with Gasteiger partial charge in [0, 0.05) is 19.3 Å². The van der Waals surface area contributed by atoms with Crippen molar-refractivity contribution in [1.82, 2.24) is 19.9 Å². The molecule has 3 heterocycles. The zero-order chi connectivity index (χ0) is 21.6. The Labute approximate surface area is 183 Å². The number of amides is 1. The maximum Gasteiger partial charge on any atom is 0.276 e. The summed E-state index contributed by atoms with van der Waals surface area (Å²) in [4.78, 5) is 21.1. The Balaban J connectivity index is 1.27. The highest BCUT2D eigenvalue weighted by atomic mass is 16.5. The lowest BCUT2D eigenvalue weighted by atomic mass is 9.90. The van der Waals surface area contributed by atoms with Crippen LogP contribution in [-0.2, 0) is 19.5 Å². The van der Waals surface area contributed by atoms with Crippen LogP contribution < -0.4 is 0 Å². The minimum atomic E-state index is -0.151. The Morgan fingerprint density at radius 1 is 1.16 bits per heavy atom. The van der Waals surface area contributed by atoms with Crippen molar-refractivity contribution in [2.24, 2.45) is 5.92 Å². The van der Waals surface area contributed by atoms with Gasteiger partial charge in [0.15, 0.2) is 11.5 Å². The van der Waals surface area contributed by atoms with Crippen LogP contribution in [0.25, 0.3) is 0 Å². The maximum atomic E-state index is 12.7. The van der Waals surface area contributed by atoms with Crippen LogP contribution in [0.4, 0.5) is 0 Å². The summed E-state index contributed by atoms with van der Waals surface area (Å²) in [6.07, 6.45) is 5.26. The predicted molar refractivity (Wildman–Crippen MR) is 119 cm³/mol. The van der Waals surface area contributed by atoms with E-state index in [0.717, 1.165) is 42.4 Å². The molecule has 1 aromatic carbocycles. The van der Waals surface area contributed by atoms with E-state index in [4.69, 9.17) is 4.52 Å². The van der Waals surface area contributed by atoms with Gasteiger partial charge in [-0.1, -0.05) is 41.6 Å². The fourth-order valence-electron chi connectivity index (χ4n) is 4.18. The predicted octanol–water partition coefficient (Wildman–Crippen LogP) is 4.10. The number of carbonyl (C=O) groups excluding carboxylic acids is 1. The van der Waals surface area contributed by atoms with E-state index in [1.54, 1.807) is 24.2 Å². The van der Waals surface area contributed by atoms with Gasteiger partial charge in [-0.05, 0) is 62.4 Å². The van der Waals surface area contributed by atoms with Gasteiger partial charge in [0.2, 0.25) is 0 Å². The van der Waals surface area contributed by atoms with Crippen LogP contribution in [0, 0.1) is 12.8 Å². The van der Waals surface area contributed by atoms with E-state index in [0.29, 0.717) is 18.8 Å². The van der Waals surface area contributed by atoms with E-state index < -0.39 is 0 Å². The monoisotopic (exact) mass is 418 g/mol. The number of rotatable bonds is 7. The van der Waals surface area contributed by atoms with Gasteiger partial charge in [-0.2, -0.15) is 0 Å². The molecule has 6 nitrogen and oxygen atoms in total. The van der Waals surface area contributed by atoms with E-state index in [9.17, 15) is 4.79 Å². The molecule has 1 fully saturated rings. The number of nitrogens with zero attached hydrogens (tertiary/aromatic N) is 4. The molecule has 0 radical (unpaired) electrons. The topological polar surface area (TPSA) is 62.5 Å². The lowest BCUT2D eigenvalue weighted by molar-refractivity contribution is 0.0772. The van der Waals surface area contributed by atoms with Crippen molar-refractivity contribution in [3.05, 3.63) is 83.0 Å². The lowest BCUT2D eigenvalue weighted by Crippen LogP contribution is -2.33. The van der Waals surface area contributed by atoms with Crippen LogP contribution in [0.5, 0.6) is 0 Å². The first-order valence-electron chi connectivity index (χ1n) is 11.0. The molecule has 1 aliphatic heterocycles. The molecule has 0 bridgehead atoms. The van der Waals surface area contributed by atoms with E-state index in [2.05, 4.69) is 45.4 Å². The van der Waals surface area contributed by atoms with Gasteiger partial charge < -0.3 is 9.42 Å². The smallest absolute Gasteiger partial charge is 0.276 e. The molecule has 0 unspecified atom stereocenters. The number of piperidine rings is 1. The summed E-state index contributed by atoms with van der Waals surface area (Å²) in [5.74, 6) is 1.32. The highest BCUT2D eigenvalue weighted by molar-refractivity contribution is 5.92. The molecule has 0 spiro atoms. The molecule has 0 atom stereocenters.